The van der Waals surface area contributed by atoms with E-state index in [1.807, 2.05) is 6.19 Å². The molecule has 0 spiro atoms. The molecule has 0 aliphatic carbocycles. The van der Waals surface area contributed by atoms with Crippen LogP contribution in [-0.2, 0) is 9.53 Å². The summed E-state index contributed by atoms with van der Waals surface area (Å²) < 4.78 is 4.45. The average molecular weight is 140 g/mol. The van der Waals surface area contributed by atoms with Crippen LogP contribution in [0.25, 0.3) is 0 Å². The van der Waals surface area contributed by atoms with E-state index >= 15 is 0 Å². The number of ether oxygens (including phenoxy) is 1. The van der Waals surface area contributed by atoms with E-state index in [-0.39, 0.29) is 12.0 Å². The van der Waals surface area contributed by atoms with Gasteiger partial charge in [-0.2, -0.15) is 5.26 Å². The second-order valence-electron chi connectivity index (χ2n) is 2.12. The van der Waals surface area contributed by atoms with E-state index in [0.29, 0.717) is 6.54 Å². The molecule has 0 bridgehead atoms. The van der Waals surface area contributed by atoms with Crippen molar-refractivity contribution in [1.29, 1.82) is 5.26 Å². The number of esters is 1. The van der Waals surface area contributed by atoms with Gasteiger partial charge >= 0.3 is 5.97 Å². The van der Waals surface area contributed by atoms with E-state index in [1.165, 1.54) is 12.0 Å². The smallest absolute Gasteiger partial charge is 0.329 e. The molecule has 1 aliphatic rings. The van der Waals surface area contributed by atoms with Crippen molar-refractivity contribution < 1.29 is 9.53 Å². The molecule has 0 amide bonds. The van der Waals surface area contributed by atoms with Crippen LogP contribution in [-0.4, -0.2) is 30.6 Å². The van der Waals surface area contributed by atoms with Gasteiger partial charge in [0.15, 0.2) is 6.19 Å². The van der Waals surface area contributed by atoms with Gasteiger partial charge in [-0.25, -0.2) is 4.79 Å². The predicted octanol–water partition coefficient (Wildman–Crippen LogP) is -0.285. The molecule has 54 valence electrons. The summed E-state index contributed by atoms with van der Waals surface area (Å²) in [5, 5.41) is 8.37. The molecular weight excluding hydrogens is 132 g/mol. The van der Waals surface area contributed by atoms with Crippen molar-refractivity contribution in [3.63, 3.8) is 0 Å². The third kappa shape index (κ3) is 0.903. The Balaban J connectivity index is 2.44. The van der Waals surface area contributed by atoms with E-state index in [9.17, 15) is 4.79 Å². The number of likely N-dealkylation sites (tertiary alicyclic amines) is 1. The summed E-state index contributed by atoms with van der Waals surface area (Å²) in [6.07, 6.45) is 2.64. The lowest BCUT2D eigenvalue weighted by molar-refractivity contribution is -0.149. The molecule has 1 heterocycles. The van der Waals surface area contributed by atoms with Gasteiger partial charge in [-0.15, -0.1) is 0 Å². The summed E-state index contributed by atoms with van der Waals surface area (Å²) in [4.78, 5) is 12.2. The fourth-order valence-electron chi connectivity index (χ4n) is 0.888. The van der Waals surface area contributed by atoms with Crippen LogP contribution in [0.2, 0.25) is 0 Å². The summed E-state index contributed by atoms with van der Waals surface area (Å²) in [6.45, 7) is 0.677. The summed E-state index contributed by atoms with van der Waals surface area (Å²) in [7, 11) is 1.33. The molecule has 0 aromatic carbocycles. The molecule has 1 fully saturated rings. The van der Waals surface area contributed by atoms with Crippen LogP contribution in [0.4, 0.5) is 0 Å². The SMILES string of the molecule is COC(=O)C1CCN1C#N. The van der Waals surface area contributed by atoms with E-state index in [4.69, 9.17) is 5.26 Å². The van der Waals surface area contributed by atoms with Crippen molar-refractivity contribution in [1.82, 2.24) is 4.90 Å². The van der Waals surface area contributed by atoms with E-state index < -0.39 is 0 Å². The Morgan fingerprint density at radius 1 is 1.90 bits per heavy atom. The molecule has 1 aliphatic heterocycles. The fourth-order valence-corrected chi connectivity index (χ4v) is 0.888. The summed E-state index contributed by atoms with van der Waals surface area (Å²) >= 11 is 0. The first-order valence-electron chi connectivity index (χ1n) is 3.04. The first-order chi connectivity index (χ1) is 4.79. The molecule has 4 nitrogen and oxygen atoms in total. The van der Waals surface area contributed by atoms with Gasteiger partial charge in [-0.1, -0.05) is 0 Å². The van der Waals surface area contributed by atoms with Crippen LogP contribution in [0.5, 0.6) is 0 Å². The summed E-state index contributed by atoms with van der Waals surface area (Å²) in [6, 6.07) is -0.310. The van der Waals surface area contributed by atoms with Gasteiger partial charge in [0.05, 0.1) is 7.11 Å². The molecule has 4 heteroatoms. The number of hydrogen-bond donors (Lipinski definition) is 0. The molecular formula is C6H8N2O2. The maximum absolute atomic E-state index is 10.7. The highest BCUT2D eigenvalue weighted by molar-refractivity contribution is 5.76. The molecule has 1 unspecified atom stereocenters. The van der Waals surface area contributed by atoms with Gasteiger partial charge in [0.2, 0.25) is 0 Å². The first-order valence-corrected chi connectivity index (χ1v) is 3.04. The molecule has 0 saturated carbocycles. The van der Waals surface area contributed by atoms with Crippen LogP contribution >= 0.6 is 0 Å². The summed E-state index contributed by atoms with van der Waals surface area (Å²) in [5.74, 6) is -0.312. The number of carbonyl (C=O) groups excluding carboxylic acids is 1. The van der Waals surface area contributed by atoms with Crippen LogP contribution in [0, 0.1) is 11.5 Å². The zero-order valence-electron chi connectivity index (χ0n) is 5.70. The molecule has 1 rings (SSSR count). The Morgan fingerprint density at radius 3 is 2.90 bits per heavy atom. The number of rotatable bonds is 1. The zero-order chi connectivity index (χ0) is 7.56. The lowest BCUT2D eigenvalue weighted by Gasteiger charge is -2.33. The highest BCUT2D eigenvalue weighted by Gasteiger charge is 2.34. The number of nitriles is 1. The van der Waals surface area contributed by atoms with Crippen LogP contribution in [0.1, 0.15) is 6.42 Å². The first kappa shape index (κ1) is 6.87. The van der Waals surface area contributed by atoms with Gasteiger partial charge in [-0.3, -0.25) is 4.90 Å². The number of nitrogens with zero attached hydrogens (tertiary/aromatic N) is 2. The largest absolute Gasteiger partial charge is 0.467 e. The molecule has 0 N–H and O–H groups in total. The second-order valence-corrected chi connectivity index (χ2v) is 2.12. The van der Waals surface area contributed by atoms with E-state index in [2.05, 4.69) is 4.74 Å². The van der Waals surface area contributed by atoms with Gasteiger partial charge in [0.25, 0.3) is 0 Å². The van der Waals surface area contributed by atoms with Crippen molar-refractivity contribution in [2.45, 2.75) is 12.5 Å². The highest BCUT2D eigenvalue weighted by atomic mass is 16.5. The lowest BCUT2D eigenvalue weighted by atomic mass is 10.1. The van der Waals surface area contributed by atoms with Crippen molar-refractivity contribution in [2.24, 2.45) is 0 Å². The predicted molar refractivity (Wildman–Crippen MR) is 32.7 cm³/mol. The summed E-state index contributed by atoms with van der Waals surface area (Å²) in [5.41, 5.74) is 0. The second kappa shape index (κ2) is 2.56. The molecule has 10 heavy (non-hydrogen) atoms. The lowest BCUT2D eigenvalue weighted by Crippen LogP contribution is -2.49. The molecule has 1 saturated heterocycles. The molecule has 0 radical (unpaired) electrons. The Morgan fingerprint density at radius 2 is 2.60 bits per heavy atom. The third-order valence-electron chi connectivity index (χ3n) is 1.62. The minimum atomic E-state index is -0.312. The van der Waals surface area contributed by atoms with Crippen molar-refractivity contribution in [2.75, 3.05) is 13.7 Å². The van der Waals surface area contributed by atoms with Crippen molar-refractivity contribution in [3.8, 4) is 6.19 Å². The van der Waals surface area contributed by atoms with Gasteiger partial charge in [0, 0.05) is 6.54 Å². The standard InChI is InChI=1S/C6H8N2O2/c1-10-6(9)5-2-3-8(5)4-7/h5H,2-3H2,1H3. The maximum atomic E-state index is 10.7. The van der Waals surface area contributed by atoms with Gasteiger partial charge in [0.1, 0.15) is 6.04 Å². The number of carbonyl (C=O) groups is 1. The minimum absolute atomic E-state index is 0.310. The van der Waals surface area contributed by atoms with Crippen LogP contribution < -0.4 is 0 Å². The Labute approximate surface area is 59.0 Å². The molecule has 1 atom stereocenters. The topological polar surface area (TPSA) is 53.3 Å². The Kier molecular flexibility index (Phi) is 1.76. The number of hydrogen-bond acceptors (Lipinski definition) is 4. The Hall–Kier alpha value is -1.24. The average Bonchev–Trinajstić information content (AvgIpc) is 1.86. The normalized spacial score (nSPS) is 22.8. The van der Waals surface area contributed by atoms with Crippen molar-refractivity contribution >= 4 is 5.97 Å². The molecule has 0 aromatic heterocycles. The highest BCUT2D eigenvalue weighted by Crippen LogP contribution is 2.16. The Bertz CT molecular complexity index is 185. The maximum Gasteiger partial charge on any atom is 0.329 e. The minimum Gasteiger partial charge on any atom is -0.467 e. The van der Waals surface area contributed by atoms with E-state index in [0.717, 1.165) is 6.42 Å². The molecule has 0 aromatic rings. The zero-order valence-corrected chi connectivity index (χ0v) is 5.70. The van der Waals surface area contributed by atoms with Crippen LogP contribution in [0.3, 0.4) is 0 Å². The van der Waals surface area contributed by atoms with E-state index in [1.54, 1.807) is 0 Å². The van der Waals surface area contributed by atoms with Crippen molar-refractivity contribution in [3.05, 3.63) is 0 Å². The number of methoxy groups -OCH3 is 1. The monoisotopic (exact) mass is 140 g/mol. The third-order valence-corrected chi connectivity index (χ3v) is 1.62. The van der Waals surface area contributed by atoms with Gasteiger partial charge in [-0.05, 0) is 6.42 Å². The fraction of sp³-hybridized carbons (Fsp3) is 0.667. The van der Waals surface area contributed by atoms with Gasteiger partial charge < -0.3 is 4.74 Å². The quantitative estimate of drug-likeness (QED) is 0.371. The van der Waals surface area contributed by atoms with Crippen LogP contribution in [0.15, 0.2) is 0 Å².